The predicted octanol–water partition coefficient (Wildman–Crippen LogP) is 7.56. The van der Waals surface area contributed by atoms with Gasteiger partial charge in [-0.15, -0.1) is 0 Å². The summed E-state index contributed by atoms with van der Waals surface area (Å²) in [6, 6.07) is 15.6. The fourth-order valence-corrected chi connectivity index (χ4v) is 8.81. The molecule has 3 aliphatic rings. The molecule has 4 aromatic rings. The van der Waals surface area contributed by atoms with E-state index >= 15 is 0 Å². The Labute approximate surface area is 340 Å². The minimum atomic E-state index is -0.692. The normalized spacial score (nSPS) is 18.7. The molecule has 2 fully saturated rings. The van der Waals surface area contributed by atoms with Crippen LogP contribution in [0.15, 0.2) is 53.5 Å². The van der Waals surface area contributed by atoms with Crippen LogP contribution in [0.3, 0.4) is 0 Å². The third kappa shape index (κ3) is 7.91. The Morgan fingerprint density at radius 1 is 0.741 bits per heavy atom. The van der Waals surface area contributed by atoms with Crippen LogP contribution in [0.4, 0.5) is 15.3 Å². The fourth-order valence-electron chi connectivity index (χ4n) is 8.81. The van der Waals surface area contributed by atoms with Gasteiger partial charge in [0.15, 0.2) is 0 Å². The van der Waals surface area contributed by atoms with Crippen LogP contribution in [0.5, 0.6) is 0 Å². The lowest BCUT2D eigenvalue weighted by molar-refractivity contribution is -0.135. The summed E-state index contributed by atoms with van der Waals surface area (Å²) in [5.41, 5.74) is 11.5. The molecule has 0 radical (unpaired) electrons. The second kappa shape index (κ2) is 16.6. The van der Waals surface area contributed by atoms with E-state index in [-0.39, 0.29) is 35.7 Å². The molecule has 3 aliphatic heterocycles. The SMILES string of the molecule is COC(=O)N[C@H](C(=O)N1CCC[C@H]1C1=Nc2cc(C)c(-c3ccc(-c4cc5nc([C@@H]6CCCN6C(=O)[C@@H](NC(=O)OC)C(C)C)[nH]c5cc4C)cc3)cc2C1)C(C)C. The number of carbonyl (C=O) groups excluding carboxylic acids is 4. The molecule has 3 aromatic carbocycles. The van der Waals surface area contributed by atoms with E-state index in [2.05, 4.69) is 78.0 Å². The molecule has 306 valence electrons. The van der Waals surface area contributed by atoms with Crippen LogP contribution < -0.4 is 10.6 Å². The highest BCUT2D eigenvalue weighted by molar-refractivity contribution is 6.01. The molecular weight excluding hydrogens is 735 g/mol. The van der Waals surface area contributed by atoms with Gasteiger partial charge in [-0.1, -0.05) is 52.0 Å². The van der Waals surface area contributed by atoms with Crippen molar-refractivity contribution in [2.45, 2.75) is 97.8 Å². The maximum atomic E-state index is 13.7. The van der Waals surface area contributed by atoms with Crippen LogP contribution in [0.1, 0.15) is 81.9 Å². The molecule has 4 atom stereocenters. The molecule has 13 nitrogen and oxygen atoms in total. The first-order chi connectivity index (χ1) is 27.8. The number of methoxy groups -OCH3 is 2. The van der Waals surface area contributed by atoms with Gasteiger partial charge in [0.1, 0.15) is 17.9 Å². The summed E-state index contributed by atoms with van der Waals surface area (Å²) in [5.74, 6) is 0.314. The molecule has 0 bridgehead atoms. The summed E-state index contributed by atoms with van der Waals surface area (Å²) in [7, 11) is 2.60. The topological polar surface area (TPSA) is 158 Å². The number of carbonyl (C=O) groups is 4. The number of H-pyrrole nitrogens is 1. The Morgan fingerprint density at radius 2 is 1.26 bits per heavy atom. The van der Waals surface area contributed by atoms with Crippen LogP contribution in [0.2, 0.25) is 0 Å². The lowest BCUT2D eigenvalue weighted by atomic mass is 9.93. The maximum Gasteiger partial charge on any atom is 0.407 e. The molecule has 2 saturated heterocycles. The third-order valence-electron chi connectivity index (χ3n) is 12.0. The molecule has 13 heteroatoms. The Morgan fingerprint density at radius 3 is 1.81 bits per heavy atom. The summed E-state index contributed by atoms with van der Waals surface area (Å²) in [6.07, 6.45) is 2.80. The maximum absolute atomic E-state index is 13.7. The van der Waals surface area contributed by atoms with Crippen molar-refractivity contribution in [3.63, 3.8) is 0 Å². The Hall–Kier alpha value is -5.72. The van der Waals surface area contributed by atoms with Gasteiger partial charge < -0.3 is 34.9 Å². The zero-order chi connectivity index (χ0) is 41.4. The number of ether oxygens (including phenoxy) is 2. The molecule has 4 amide bonds. The van der Waals surface area contributed by atoms with E-state index < -0.39 is 24.3 Å². The monoisotopic (exact) mass is 789 g/mol. The minimum Gasteiger partial charge on any atom is -0.453 e. The molecule has 0 aliphatic carbocycles. The van der Waals surface area contributed by atoms with Gasteiger partial charge in [-0.2, -0.15) is 0 Å². The number of nitrogens with one attached hydrogen (secondary N) is 3. The lowest BCUT2D eigenvalue weighted by Crippen LogP contribution is -2.53. The van der Waals surface area contributed by atoms with Crippen molar-refractivity contribution in [3.05, 3.63) is 71.0 Å². The second-order valence-corrected chi connectivity index (χ2v) is 16.6. The highest BCUT2D eigenvalue weighted by Gasteiger charge is 2.40. The minimum absolute atomic E-state index is 0.0911. The number of nitrogens with zero attached hydrogens (tertiary/aromatic N) is 4. The molecule has 7 rings (SSSR count). The first kappa shape index (κ1) is 40.5. The molecule has 3 N–H and O–H groups in total. The number of amides is 4. The van der Waals surface area contributed by atoms with Gasteiger partial charge in [-0.05, 0) is 115 Å². The Kier molecular flexibility index (Phi) is 11.6. The van der Waals surface area contributed by atoms with Gasteiger partial charge in [0, 0.05) is 25.2 Å². The van der Waals surface area contributed by atoms with Crippen molar-refractivity contribution in [1.29, 1.82) is 0 Å². The number of benzene rings is 3. The highest BCUT2D eigenvalue weighted by Crippen LogP contribution is 2.39. The van der Waals surface area contributed by atoms with Crippen LogP contribution >= 0.6 is 0 Å². The lowest BCUT2D eigenvalue weighted by Gasteiger charge is -2.30. The number of hydrogen-bond donors (Lipinski definition) is 3. The number of aliphatic imine (C=N–C) groups is 1. The first-order valence-corrected chi connectivity index (χ1v) is 20.4. The zero-order valence-corrected chi connectivity index (χ0v) is 34.8. The number of likely N-dealkylation sites (tertiary alicyclic amines) is 2. The van der Waals surface area contributed by atoms with Crippen molar-refractivity contribution in [2.75, 3.05) is 27.3 Å². The van der Waals surface area contributed by atoms with Crippen molar-refractivity contribution >= 4 is 46.4 Å². The van der Waals surface area contributed by atoms with Crippen molar-refractivity contribution in [2.24, 2.45) is 16.8 Å². The van der Waals surface area contributed by atoms with Crippen molar-refractivity contribution < 1.29 is 28.7 Å². The van der Waals surface area contributed by atoms with Crippen LogP contribution in [-0.4, -0.2) is 94.9 Å². The van der Waals surface area contributed by atoms with Gasteiger partial charge in [0.2, 0.25) is 11.8 Å². The quantitative estimate of drug-likeness (QED) is 0.150. The molecule has 0 saturated carbocycles. The number of hydrogen-bond acceptors (Lipinski definition) is 8. The van der Waals surface area contributed by atoms with E-state index in [9.17, 15) is 19.2 Å². The summed E-state index contributed by atoms with van der Waals surface area (Å²) in [4.78, 5) is 68.8. The van der Waals surface area contributed by atoms with E-state index in [1.54, 1.807) is 0 Å². The standard InChI is InChI=1S/C45H55N7O6/c1-24(2)39(49-44(55)57-7)42(53)51-17-9-11-37(51)36-22-30-21-31(26(5)19-33(30)46-36)28-13-15-29(16-14-28)32-23-35-34(20-27(32)6)47-41(48-35)38-12-10-18-52(38)43(54)40(25(3)4)50-45(56)58-8/h13-16,19-21,23-25,37-40H,9-12,17-18,22H2,1-8H3,(H,47,48)(H,49,55)(H,50,56)/t37-,38-,39-,40-/m0/s1. The smallest absolute Gasteiger partial charge is 0.407 e. The Balaban J connectivity index is 1.07. The van der Waals surface area contributed by atoms with Crippen molar-refractivity contribution in [3.8, 4) is 22.3 Å². The highest BCUT2D eigenvalue weighted by atomic mass is 16.5. The second-order valence-electron chi connectivity index (χ2n) is 16.6. The molecule has 0 unspecified atom stereocenters. The summed E-state index contributed by atoms with van der Waals surface area (Å²) >= 11 is 0. The van der Waals surface area contributed by atoms with Gasteiger partial charge in [0.05, 0.1) is 43.0 Å². The van der Waals surface area contributed by atoms with Crippen molar-refractivity contribution in [1.82, 2.24) is 30.4 Å². The number of rotatable bonds is 10. The number of aryl methyl sites for hydroxylation is 2. The van der Waals surface area contributed by atoms with Gasteiger partial charge in [-0.25, -0.2) is 14.6 Å². The summed E-state index contributed by atoms with van der Waals surface area (Å²) < 4.78 is 9.59. The molecule has 1 aromatic heterocycles. The number of alkyl carbamates (subject to hydrolysis) is 2. The van der Waals surface area contributed by atoms with E-state index in [1.165, 1.54) is 14.2 Å². The molecule has 0 spiro atoms. The fraction of sp³-hybridized carbons (Fsp3) is 0.467. The van der Waals surface area contributed by atoms with Gasteiger partial charge in [-0.3, -0.25) is 14.6 Å². The van der Waals surface area contributed by atoms with Crippen LogP contribution in [0.25, 0.3) is 33.3 Å². The average Bonchev–Trinajstić information content (AvgIpc) is 4.03. The first-order valence-electron chi connectivity index (χ1n) is 20.4. The van der Waals surface area contributed by atoms with Crippen LogP contribution in [0, 0.1) is 25.7 Å². The van der Waals surface area contributed by atoms with E-state index in [1.807, 2.05) is 37.5 Å². The number of imidazole rings is 1. The Bertz CT molecular complexity index is 2260. The van der Waals surface area contributed by atoms with E-state index in [4.69, 9.17) is 19.5 Å². The average molecular weight is 790 g/mol. The van der Waals surface area contributed by atoms with Crippen LogP contribution in [-0.2, 0) is 25.5 Å². The van der Waals surface area contributed by atoms with Gasteiger partial charge >= 0.3 is 12.2 Å². The zero-order valence-electron chi connectivity index (χ0n) is 34.8. The number of aromatic amines is 1. The third-order valence-corrected chi connectivity index (χ3v) is 12.0. The predicted molar refractivity (Wildman–Crippen MR) is 224 cm³/mol. The van der Waals surface area contributed by atoms with E-state index in [0.29, 0.717) is 19.5 Å². The summed E-state index contributed by atoms with van der Waals surface area (Å²) in [6.45, 7) is 13.1. The number of aromatic nitrogens is 2. The summed E-state index contributed by atoms with van der Waals surface area (Å²) in [5, 5.41) is 5.45. The molecular formula is C45H55N7O6. The number of fused-ring (bicyclic) bond motifs is 2. The van der Waals surface area contributed by atoms with E-state index in [0.717, 1.165) is 92.9 Å². The largest absolute Gasteiger partial charge is 0.453 e. The van der Waals surface area contributed by atoms with Gasteiger partial charge in [0.25, 0.3) is 0 Å². The molecule has 58 heavy (non-hydrogen) atoms. The molecule has 4 heterocycles.